The molecule has 4 rings (SSSR count). The van der Waals surface area contributed by atoms with Crippen LogP contribution in [0.15, 0.2) is 24.3 Å². The van der Waals surface area contributed by atoms with Crippen molar-refractivity contribution in [2.45, 2.75) is 63.8 Å². The van der Waals surface area contributed by atoms with Crippen LogP contribution >= 0.6 is 11.6 Å². The number of amides is 2. The minimum atomic E-state index is -1.18. The number of rotatable bonds is 7. The number of benzene rings is 1. The summed E-state index contributed by atoms with van der Waals surface area (Å²) in [4.78, 5) is 42.0. The highest BCUT2D eigenvalue weighted by atomic mass is 35.5. The normalized spacial score (nSPS) is 35.5. The zero-order valence-corrected chi connectivity index (χ0v) is 20.1. The summed E-state index contributed by atoms with van der Waals surface area (Å²) >= 11 is 5.97. The first kappa shape index (κ1) is 24.0. The van der Waals surface area contributed by atoms with Crippen molar-refractivity contribution in [3.05, 3.63) is 29.3 Å². The molecule has 3 heterocycles. The van der Waals surface area contributed by atoms with E-state index in [1.54, 1.807) is 31.2 Å². The number of aliphatic hydroxyl groups is 1. The van der Waals surface area contributed by atoms with Gasteiger partial charge in [0.2, 0.25) is 11.8 Å². The Labute approximate surface area is 198 Å². The number of hydrogen-bond donors (Lipinski definition) is 2. The second-order valence-corrected chi connectivity index (χ2v) is 9.88. The third-order valence-electron chi connectivity index (χ3n) is 7.73. The van der Waals surface area contributed by atoms with Gasteiger partial charge >= 0.3 is 5.97 Å². The number of esters is 1. The maximum atomic E-state index is 13.8. The van der Waals surface area contributed by atoms with Crippen molar-refractivity contribution in [2.24, 2.45) is 17.8 Å². The first-order chi connectivity index (χ1) is 15.6. The predicted octanol–water partition coefficient (Wildman–Crippen LogP) is 2.62. The lowest BCUT2D eigenvalue weighted by Gasteiger charge is -2.36. The molecule has 2 bridgehead atoms. The fraction of sp³-hybridized carbons (Fsp3) is 0.625. The van der Waals surface area contributed by atoms with Gasteiger partial charge in [0.25, 0.3) is 0 Å². The Kier molecular flexibility index (Phi) is 6.22. The number of fused-ring (bicyclic) bond motifs is 1. The van der Waals surface area contributed by atoms with Crippen molar-refractivity contribution in [3.8, 4) is 0 Å². The van der Waals surface area contributed by atoms with Gasteiger partial charge in [-0.05, 0) is 56.9 Å². The smallest absolute Gasteiger partial charge is 0.312 e. The molecule has 180 valence electrons. The molecule has 9 heteroatoms. The summed E-state index contributed by atoms with van der Waals surface area (Å²) < 4.78 is 11.9. The average molecular weight is 479 g/mol. The molecule has 3 unspecified atom stereocenters. The Morgan fingerprint density at radius 3 is 2.58 bits per heavy atom. The molecule has 7 atom stereocenters. The number of carbonyl (C=O) groups excluding carboxylic acids is 3. The SMILES string of the molecule is CCOC(=O)[C@@H]1[C@H]2C(=O)N([C@@H](CC)CO)C(C(=O)Nc3ccc(Cl)cc3)C23CC(C)[C@@]1(C)O3. The quantitative estimate of drug-likeness (QED) is 0.584. The van der Waals surface area contributed by atoms with E-state index >= 15 is 0 Å². The lowest BCUT2D eigenvalue weighted by Crippen LogP contribution is -2.56. The molecule has 2 amide bonds. The number of likely N-dealkylation sites (tertiary alicyclic amines) is 1. The van der Waals surface area contributed by atoms with E-state index in [1.807, 2.05) is 20.8 Å². The van der Waals surface area contributed by atoms with Crippen LogP contribution in [-0.4, -0.2) is 64.3 Å². The highest BCUT2D eigenvalue weighted by molar-refractivity contribution is 6.30. The highest BCUT2D eigenvalue weighted by Gasteiger charge is 2.80. The lowest BCUT2D eigenvalue weighted by atomic mass is 9.62. The minimum absolute atomic E-state index is 0.0732. The number of nitrogens with zero attached hydrogens (tertiary/aromatic N) is 1. The number of carbonyl (C=O) groups is 3. The number of hydrogen-bond acceptors (Lipinski definition) is 6. The minimum Gasteiger partial charge on any atom is -0.466 e. The summed E-state index contributed by atoms with van der Waals surface area (Å²) in [6, 6.07) is 5.11. The third kappa shape index (κ3) is 3.45. The maximum absolute atomic E-state index is 13.8. The number of anilines is 1. The van der Waals surface area contributed by atoms with Crippen molar-refractivity contribution in [1.82, 2.24) is 4.90 Å². The van der Waals surface area contributed by atoms with E-state index < -0.39 is 47.0 Å². The zero-order chi connectivity index (χ0) is 24.1. The van der Waals surface area contributed by atoms with E-state index in [2.05, 4.69) is 5.32 Å². The molecule has 33 heavy (non-hydrogen) atoms. The second-order valence-electron chi connectivity index (χ2n) is 9.44. The zero-order valence-electron chi connectivity index (χ0n) is 19.3. The molecule has 1 spiro atoms. The van der Waals surface area contributed by atoms with E-state index in [0.717, 1.165) is 0 Å². The molecule has 0 saturated carbocycles. The largest absolute Gasteiger partial charge is 0.466 e. The van der Waals surface area contributed by atoms with E-state index in [0.29, 0.717) is 23.6 Å². The van der Waals surface area contributed by atoms with Gasteiger partial charge in [-0.1, -0.05) is 25.4 Å². The van der Waals surface area contributed by atoms with E-state index in [-0.39, 0.29) is 25.0 Å². The van der Waals surface area contributed by atoms with Crippen LogP contribution in [0.2, 0.25) is 5.02 Å². The Balaban J connectivity index is 1.79. The van der Waals surface area contributed by atoms with Crippen molar-refractivity contribution in [1.29, 1.82) is 0 Å². The van der Waals surface area contributed by atoms with Gasteiger partial charge in [0.05, 0.1) is 30.8 Å². The molecule has 3 saturated heterocycles. The topological polar surface area (TPSA) is 105 Å². The first-order valence-electron chi connectivity index (χ1n) is 11.5. The van der Waals surface area contributed by atoms with Crippen LogP contribution in [-0.2, 0) is 23.9 Å². The van der Waals surface area contributed by atoms with Gasteiger partial charge in [-0.3, -0.25) is 14.4 Å². The molecule has 1 aromatic carbocycles. The third-order valence-corrected chi connectivity index (χ3v) is 7.98. The lowest BCUT2D eigenvalue weighted by molar-refractivity contribution is -0.161. The van der Waals surface area contributed by atoms with Crippen LogP contribution in [0.3, 0.4) is 0 Å². The van der Waals surface area contributed by atoms with Gasteiger partial charge in [0.1, 0.15) is 17.6 Å². The average Bonchev–Trinajstić information content (AvgIpc) is 3.28. The number of nitrogens with one attached hydrogen (secondary N) is 1. The molecule has 0 aliphatic carbocycles. The number of ether oxygens (including phenoxy) is 2. The van der Waals surface area contributed by atoms with Crippen LogP contribution in [0.1, 0.15) is 40.5 Å². The van der Waals surface area contributed by atoms with Gasteiger partial charge in [-0.15, -0.1) is 0 Å². The van der Waals surface area contributed by atoms with Gasteiger partial charge in [-0.25, -0.2) is 0 Å². The Bertz CT molecular complexity index is 951. The fourth-order valence-corrected chi connectivity index (χ4v) is 6.24. The molecule has 2 N–H and O–H groups in total. The molecular weight excluding hydrogens is 448 g/mol. The molecule has 0 radical (unpaired) electrons. The van der Waals surface area contributed by atoms with Crippen molar-refractivity contribution in [2.75, 3.05) is 18.5 Å². The fourth-order valence-electron chi connectivity index (χ4n) is 6.12. The summed E-state index contributed by atoms with van der Waals surface area (Å²) in [6.45, 7) is 7.26. The van der Waals surface area contributed by atoms with Crippen LogP contribution in [0.25, 0.3) is 0 Å². The monoisotopic (exact) mass is 478 g/mol. The second kappa shape index (κ2) is 8.56. The molecule has 3 aliphatic heterocycles. The maximum Gasteiger partial charge on any atom is 0.312 e. The summed E-state index contributed by atoms with van der Waals surface area (Å²) in [5.74, 6) is -2.99. The Morgan fingerprint density at radius 1 is 1.33 bits per heavy atom. The molecule has 3 aliphatic rings. The van der Waals surface area contributed by atoms with Crippen LogP contribution in [0.4, 0.5) is 5.69 Å². The molecule has 8 nitrogen and oxygen atoms in total. The van der Waals surface area contributed by atoms with Crippen LogP contribution < -0.4 is 5.32 Å². The predicted molar refractivity (Wildman–Crippen MR) is 121 cm³/mol. The number of halogens is 1. The van der Waals surface area contributed by atoms with Gasteiger partial charge in [-0.2, -0.15) is 0 Å². The summed E-state index contributed by atoms with van der Waals surface area (Å²) in [7, 11) is 0. The molecular formula is C24H31ClN2O6. The molecule has 3 fully saturated rings. The van der Waals surface area contributed by atoms with Crippen molar-refractivity contribution >= 4 is 35.1 Å². The summed E-state index contributed by atoms with van der Waals surface area (Å²) in [6.07, 6.45) is 0.902. The Morgan fingerprint density at radius 2 is 2.00 bits per heavy atom. The van der Waals surface area contributed by atoms with Gasteiger partial charge in [0.15, 0.2) is 0 Å². The summed E-state index contributed by atoms with van der Waals surface area (Å²) in [5, 5.41) is 13.5. The molecule has 0 aromatic heterocycles. The number of aliphatic hydroxyl groups excluding tert-OH is 1. The van der Waals surface area contributed by atoms with E-state index in [1.165, 1.54) is 4.90 Å². The van der Waals surface area contributed by atoms with E-state index in [9.17, 15) is 19.5 Å². The van der Waals surface area contributed by atoms with E-state index in [4.69, 9.17) is 21.1 Å². The van der Waals surface area contributed by atoms with Crippen LogP contribution in [0.5, 0.6) is 0 Å². The standard InChI is InChI=1S/C24H31ClN2O6/c1-5-16(12-28)27-19(20(29)26-15-9-7-14(25)8-10-15)24-11-13(3)23(4,33-24)18(17(24)21(27)30)22(31)32-6-2/h7-10,13,16-19,28H,5-6,11-12H2,1-4H3,(H,26,29)/t13?,16-,17-,18-,19?,23+,24?/m0/s1. The highest BCUT2D eigenvalue weighted by Crippen LogP contribution is 2.65. The van der Waals surface area contributed by atoms with Crippen molar-refractivity contribution in [3.63, 3.8) is 0 Å². The molecule has 1 aromatic rings. The van der Waals surface area contributed by atoms with Crippen molar-refractivity contribution < 1.29 is 29.0 Å². The van der Waals surface area contributed by atoms with Gasteiger partial charge < -0.3 is 24.8 Å². The Hall–Kier alpha value is -2.16. The van der Waals surface area contributed by atoms with Crippen LogP contribution in [0, 0.1) is 17.8 Å². The summed E-state index contributed by atoms with van der Waals surface area (Å²) in [5.41, 5.74) is -1.57. The first-order valence-corrected chi connectivity index (χ1v) is 11.9. The van der Waals surface area contributed by atoms with Gasteiger partial charge in [0, 0.05) is 10.7 Å².